The molecule has 7 heteroatoms. The van der Waals surface area contributed by atoms with Crippen molar-refractivity contribution >= 4 is 17.1 Å². The molecule has 1 aromatic carbocycles. The van der Waals surface area contributed by atoms with Crippen molar-refractivity contribution in [3.8, 4) is 16.9 Å². The minimum absolute atomic E-state index is 0.218. The van der Waals surface area contributed by atoms with Gasteiger partial charge in [-0.3, -0.25) is 4.79 Å². The lowest BCUT2D eigenvalue weighted by atomic mass is 10.1. The summed E-state index contributed by atoms with van der Waals surface area (Å²) in [6.07, 6.45) is 8.67. The van der Waals surface area contributed by atoms with E-state index in [1.807, 2.05) is 66.1 Å². The molecule has 1 N–H and O–H groups in total. The Morgan fingerprint density at radius 1 is 0.933 bits per heavy atom. The number of rotatable bonds is 4. The van der Waals surface area contributed by atoms with E-state index in [1.165, 1.54) is 6.33 Å². The lowest BCUT2D eigenvalue weighted by Crippen LogP contribution is -2.18. The summed E-state index contributed by atoms with van der Waals surface area (Å²) in [5.74, 6) is 0.549. The van der Waals surface area contributed by atoms with Crippen LogP contribution in [0.4, 0.5) is 5.69 Å². The van der Waals surface area contributed by atoms with Gasteiger partial charge in [-0.1, -0.05) is 24.3 Å². The fourth-order valence-corrected chi connectivity index (χ4v) is 3.44. The highest BCUT2D eigenvalue weighted by atomic mass is 16.2. The molecule has 5 rings (SSSR count). The smallest absolute Gasteiger partial charge is 0.274 e. The van der Waals surface area contributed by atoms with E-state index in [2.05, 4.69) is 20.4 Å². The zero-order chi connectivity index (χ0) is 20.5. The van der Waals surface area contributed by atoms with Crippen LogP contribution in [0.3, 0.4) is 0 Å². The summed E-state index contributed by atoms with van der Waals surface area (Å²) in [6, 6.07) is 17.4. The van der Waals surface area contributed by atoms with Gasteiger partial charge in [0.25, 0.3) is 5.91 Å². The topological polar surface area (TPSA) is 77.1 Å². The molecule has 0 unspecified atom stereocenters. The number of amides is 1. The number of fused-ring (bicyclic) bond motifs is 1. The van der Waals surface area contributed by atoms with E-state index in [0.717, 1.165) is 33.7 Å². The first-order valence-corrected chi connectivity index (χ1v) is 9.48. The summed E-state index contributed by atoms with van der Waals surface area (Å²) in [4.78, 5) is 21.2. The molecule has 0 fully saturated rings. The van der Waals surface area contributed by atoms with Gasteiger partial charge in [-0.25, -0.2) is 14.6 Å². The van der Waals surface area contributed by atoms with Crippen molar-refractivity contribution in [3.63, 3.8) is 0 Å². The molecule has 0 aliphatic carbocycles. The number of carbonyl (C=O) groups excluding carboxylic acids is 1. The van der Waals surface area contributed by atoms with Gasteiger partial charge in [0, 0.05) is 40.9 Å². The van der Waals surface area contributed by atoms with Crippen molar-refractivity contribution in [2.75, 3.05) is 5.32 Å². The van der Waals surface area contributed by atoms with E-state index in [4.69, 9.17) is 0 Å². The second-order valence-corrected chi connectivity index (χ2v) is 6.93. The number of hydrogen-bond donors (Lipinski definition) is 1. The van der Waals surface area contributed by atoms with Gasteiger partial charge in [0.15, 0.2) is 0 Å². The Bertz CT molecular complexity index is 1350. The molecule has 0 aliphatic heterocycles. The summed E-state index contributed by atoms with van der Waals surface area (Å²) < 4.78 is 3.64. The van der Waals surface area contributed by atoms with E-state index in [9.17, 15) is 4.79 Å². The van der Waals surface area contributed by atoms with Gasteiger partial charge < -0.3 is 9.72 Å². The average molecular weight is 394 g/mol. The van der Waals surface area contributed by atoms with Crippen LogP contribution in [0.5, 0.6) is 0 Å². The number of hydrogen-bond acceptors (Lipinski definition) is 4. The second-order valence-electron chi connectivity index (χ2n) is 6.93. The average Bonchev–Trinajstić information content (AvgIpc) is 3.42. The van der Waals surface area contributed by atoms with Crippen molar-refractivity contribution < 1.29 is 4.79 Å². The van der Waals surface area contributed by atoms with E-state index in [1.54, 1.807) is 29.3 Å². The fraction of sp³-hybridized carbons (Fsp3) is 0.0435. The van der Waals surface area contributed by atoms with Gasteiger partial charge in [-0.05, 0) is 42.8 Å². The molecule has 7 nitrogen and oxygen atoms in total. The molecular weight excluding hydrogens is 376 g/mol. The maximum Gasteiger partial charge on any atom is 0.274 e. The molecule has 0 atom stereocenters. The monoisotopic (exact) mass is 394 g/mol. The SMILES string of the molecule is Cc1ccccc1NC(=O)c1ccnn1-c1ccc2ccc(-c3cncnc3)cn12. The van der Waals surface area contributed by atoms with Crippen LogP contribution in [0, 0.1) is 6.92 Å². The number of para-hydroxylation sites is 1. The third-order valence-electron chi connectivity index (χ3n) is 5.01. The third-order valence-corrected chi connectivity index (χ3v) is 5.01. The number of nitrogens with one attached hydrogen (secondary N) is 1. The first-order chi connectivity index (χ1) is 14.7. The zero-order valence-electron chi connectivity index (χ0n) is 16.2. The standard InChI is InChI=1S/C23H18N6O/c1-16-4-2-3-5-20(16)27-23(30)21-10-11-26-29(21)22-9-8-19-7-6-17(14-28(19)22)18-12-24-15-25-13-18/h2-15H,1H3,(H,27,30). The molecule has 0 spiro atoms. The maximum atomic E-state index is 13.0. The van der Waals surface area contributed by atoms with E-state index in [0.29, 0.717) is 5.69 Å². The fourth-order valence-electron chi connectivity index (χ4n) is 3.44. The van der Waals surface area contributed by atoms with Crippen LogP contribution in [0.15, 0.2) is 85.7 Å². The molecular formula is C23H18N6O. The van der Waals surface area contributed by atoms with E-state index >= 15 is 0 Å². The largest absolute Gasteiger partial charge is 0.320 e. The Morgan fingerprint density at radius 2 is 1.73 bits per heavy atom. The van der Waals surface area contributed by atoms with Gasteiger partial charge in [0.05, 0.1) is 6.20 Å². The molecule has 146 valence electrons. The van der Waals surface area contributed by atoms with Gasteiger partial charge in [-0.2, -0.15) is 5.10 Å². The van der Waals surface area contributed by atoms with Gasteiger partial charge in [0.1, 0.15) is 17.8 Å². The van der Waals surface area contributed by atoms with Gasteiger partial charge in [0.2, 0.25) is 0 Å². The Kier molecular flexibility index (Phi) is 4.33. The predicted molar refractivity (Wildman–Crippen MR) is 115 cm³/mol. The summed E-state index contributed by atoms with van der Waals surface area (Å²) in [5, 5.41) is 7.38. The van der Waals surface area contributed by atoms with Crippen LogP contribution in [-0.2, 0) is 0 Å². The molecule has 0 saturated carbocycles. The number of pyridine rings is 1. The van der Waals surface area contributed by atoms with Crippen LogP contribution in [0.25, 0.3) is 22.5 Å². The van der Waals surface area contributed by atoms with Crippen LogP contribution in [0.2, 0.25) is 0 Å². The van der Waals surface area contributed by atoms with Crippen LogP contribution >= 0.6 is 0 Å². The molecule has 1 amide bonds. The summed E-state index contributed by atoms with van der Waals surface area (Å²) in [6.45, 7) is 1.96. The van der Waals surface area contributed by atoms with Crippen LogP contribution in [-0.4, -0.2) is 30.1 Å². The second kappa shape index (κ2) is 7.29. The van der Waals surface area contributed by atoms with Crippen LogP contribution in [0.1, 0.15) is 16.1 Å². The highest BCUT2D eigenvalue weighted by molar-refractivity contribution is 6.03. The Morgan fingerprint density at radius 3 is 2.57 bits per heavy atom. The summed E-state index contributed by atoms with van der Waals surface area (Å²) in [7, 11) is 0. The first-order valence-electron chi connectivity index (χ1n) is 9.48. The van der Waals surface area contributed by atoms with Crippen molar-refractivity contribution in [1.82, 2.24) is 24.1 Å². The van der Waals surface area contributed by atoms with Crippen LogP contribution < -0.4 is 5.32 Å². The molecule has 0 saturated heterocycles. The summed E-state index contributed by atoms with van der Waals surface area (Å²) in [5.41, 5.74) is 5.11. The molecule has 30 heavy (non-hydrogen) atoms. The Labute approximate surface area is 172 Å². The number of aromatic nitrogens is 5. The van der Waals surface area contributed by atoms with Crippen molar-refractivity contribution in [2.24, 2.45) is 0 Å². The molecule has 0 aliphatic rings. The highest BCUT2D eigenvalue weighted by Crippen LogP contribution is 2.23. The first kappa shape index (κ1) is 17.8. The van der Waals surface area contributed by atoms with Crippen molar-refractivity contribution in [3.05, 3.63) is 97.0 Å². The normalized spacial score (nSPS) is 11.0. The van der Waals surface area contributed by atoms with Crippen molar-refractivity contribution in [2.45, 2.75) is 6.92 Å². The quantitative estimate of drug-likeness (QED) is 0.497. The molecule has 4 heterocycles. The predicted octanol–water partition coefficient (Wildman–Crippen LogP) is 4.14. The number of aryl methyl sites for hydroxylation is 1. The van der Waals surface area contributed by atoms with Gasteiger partial charge in [-0.15, -0.1) is 0 Å². The lowest BCUT2D eigenvalue weighted by molar-refractivity contribution is 0.101. The summed E-state index contributed by atoms with van der Waals surface area (Å²) >= 11 is 0. The zero-order valence-corrected chi connectivity index (χ0v) is 16.2. The molecule has 4 aromatic heterocycles. The van der Waals surface area contributed by atoms with E-state index in [-0.39, 0.29) is 5.91 Å². The van der Waals surface area contributed by atoms with E-state index < -0.39 is 0 Å². The molecule has 5 aromatic rings. The Balaban J connectivity index is 1.55. The minimum atomic E-state index is -0.218. The number of anilines is 1. The Hall–Kier alpha value is -4.26. The maximum absolute atomic E-state index is 13.0. The minimum Gasteiger partial charge on any atom is -0.320 e. The highest BCUT2D eigenvalue weighted by Gasteiger charge is 2.17. The molecule has 0 radical (unpaired) electrons. The number of benzene rings is 1. The lowest BCUT2D eigenvalue weighted by Gasteiger charge is -2.11. The molecule has 0 bridgehead atoms. The third kappa shape index (κ3) is 3.12. The van der Waals surface area contributed by atoms with Gasteiger partial charge >= 0.3 is 0 Å². The number of carbonyl (C=O) groups is 1. The number of nitrogens with zero attached hydrogens (tertiary/aromatic N) is 5. The van der Waals surface area contributed by atoms with Crippen molar-refractivity contribution in [1.29, 1.82) is 0 Å².